The summed E-state index contributed by atoms with van der Waals surface area (Å²) in [6.07, 6.45) is 0. The number of fused-ring (bicyclic) bond motifs is 1. The van der Waals surface area contributed by atoms with Crippen molar-refractivity contribution in [1.82, 2.24) is 9.78 Å². The number of ether oxygens (including phenoxy) is 2. The highest BCUT2D eigenvalue weighted by molar-refractivity contribution is 5.87. The Labute approximate surface area is 92.8 Å². The summed E-state index contributed by atoms with van der Waals surface area (Å²) in [6.45, 7) is 3.12. The van der Waals surface area contributed by atoms with Crippen LogP contribution in [0.5, 0.6) is 5.88 Å². The first-order valence-electron chi connectivity index (χ1n) is 5.23. The van der Waals surface area contributed by atoms with Crippen LogP contribution < -0.4 is 4.74 Å². The molecular weight excluding hydrogens is 212 g/mol. The van der Waals surface area contributed by atoms with E-state index in [9.17, 15) is 4.79 Å². The zero-order chi connectivity index (χ0) is 11.5. The number of aliphatic hydroxyl groups excluding tert-OH is 1. The molecule has 0 bridgehead atoms. The Bertz CT molecular complexity index is 388. The van der Waals surface area contributed by atoms with Gasteiger partial charge in [-0.05, 0) is 6.92 Å². The number of nitrogens with zero attached hydrogens (tertiary/aromatic N) is 2. The van der Waals surface area contributed by atoms with Crippen LogP contribution in [0.4, 0.5) is 0 Å². The average Bonchev–Trinajstić information content (AvgIpc) is 2.71. The molecule has 0 radical (unpaired) electrons. The maximum absolute atomic E-state index is 11.4. The lowest BCUT2D eigenvalue weighted by Crippen LogP contribution is -2.28. The van der Waals surface area contributed by atoms with Crippen molar-refractivity contribution >= 4 is 5.97 Å². The van der Waals surface area contributed by atoms with Crippen molar-refractivity contribution in [1.29, 1.82) is 0 Å². The monoisotopic (exact) mass is 226 g/mol. The third-order valence-corrected chi connectivity index (χ3v) is 2.38. The lowest BCUT2D eigenvalue weighted by atomic mass is 10.1. The van der Waals surface area contributed by atoms with Gasteiger partial charge in [0.05, 0.1) is 26.4 Å². The number of rotatable bonds is 3. The van der Waals surface area contributed by atoms with Crippen molar-refractivity contribution in [2.45, 2.75) is 13.5 Å². The molecule has 1 aliphatic heterocycles. The molecule has 0 aromatic carbocycles. The number of esters is 1. The van der Waals surface area contributed by atoms with Crippen LogP contribution in [-0.4, -0.2) is 40.7 Å². The van der Waals surface area contributed by atoms with Gasteiger partial charge in [0, 0.05) is 12.0 Å². The van der Waals surface area contributed by atoms with E-state index in [-0.39, 0.29) is 18.2 Å². The number of carbonyl (C=O) groups is 1. The highest BCUT2D eigenvalue weighted by Crippen LogP contribution is 2.21. The van der Waals surface area contributed by atoms with Gasteiger partial charge in [-0.1, -0.05) is 0 Å². The number of carbonyl (C=O) groups excluding carboxylic acids is 1. The molecule has 1 N–H and O–H groups in total. The summed E-state index contributed by atoms with van der Waals surface area (Å²) < 4.78 is 11.8. The van der Waals surface area contributed by atoms with Gasteiger partial charge in [-0.3, -0.25) is 0 Å². The van der Waals surface area contributed by atoms with Crippen LogP contribution in [-0.2, 0) is 11.3 Å². The Morgan fingerprint density at radius 3 is 3.31 bits per heavy atom. The van der Waals surface area contributed by atoms with Gasteiger partial charge in [0.1, 0.15) is 0 Å². The first-order chi connectivity index (χ1) is 7.74. The Morgan fingerprint density at radius 2 is 2.62 bits per heavy atom. The summed E-state index contributed by atoms with van der Waals surface area (Å²) in [7, 11) is 0. The van der Waals surface area contributed by atoms with Gasteiger partial charge in [0.15, 0.2) is 5.69 Å². The van der Waals surface area contributed by atoms with Crippen LogP contribution >= 0.6 is 0 Å². The first kappa shape index (κ1) is 10.9. The van der Waals surface area contributed by atoms with E-state index in [4.69, 9.17) is 14.6 Å². The summed E-state index contributed by atoms with van der Waals surface area (Å²) in [5, 5.41) is 13.1. The molecule has 2 rings (SSSR count). The quantitative estimate of drug-likeness (QED) is 0.738. The molecule has 16 heavy (non-hydrogen) atoms. The maximum Gasteiger partial charge on any atom is 0.358 e. The molecule has 0 spiro atoms. The molecule has 6 heteroatoms. The standard InChI is InChI=1S/C10H14N2O4/c1-2-15-10(14)8-3-9-12(11-8)4-7(5-13)6-16-9/h3,7,13H,2,4-6H2,1H3. The molecule has 1 unspecified atom stereocenters. The Morgan fingerprint density at radius 1 is 1.81 bits per heavy atom. The predicted molar refractivity (Wildman–Crippen MR) is 54.3 cm³/mol. The molecule has 0 saturated carbocycles. The van der Waals surface area contributed by atoms with E-state index in [1.54, 1.807) is 17.7 Å². The topological polar surface area (TPSA) is 73.6 Å². The van der Waals surface area contributed by atoms with E-state index in [1.165, 1.54) is 0 Å². The lowest BCUT2D eigenvalue weighted by molar-refractivity contribution is 0.0518. The summed E-state index contributed by atoms with van der Waals surface area (Å²) in [5.74, 6) is 0.128. The largest absolute Gasteiger partial charge is 0.477 e. The lowest BCUT2D eigenvalue weighted by Gasteiger charge is -2.21. The summed E-state index contributed by atoms with van der Waals surface area (Å²) >= 11 is 0. The van der Waals surface area contributed by atoms with Crippen LogP contribution in [0.2, 0.25) is 0 Å². The Kier molecular flexibility index (Phi) is 3.09. The van der Waals surface area contributed by atoms with Gasteiger partial charge in [0.2, 0.25) is 5.88 Å². The summed E-state index contributed by atoms with van der Waals surface area (Å²) in [5.41, 5.74) is 0.246. The fraction of sp³-hybridized carbons (Fsp3) is 0.600. The third kappa shape index (κ3) is 2.01. The van der Waals surface area contributed by atoms with Crippen LogP contribution in [0.15, 0.2) is 6.07 Å². The Balaban J connectivity index is 2.15. The second kappa shape index (κ2) is 4.52. The van der Waals surface area contributed by atoms with E-state index in [0.29, 0.717) is 25.6 Å². The van der Waals surface area contributed by atoms with Crippen LogP contribution in [0, 0.1) is 5.92 Å². The number of hydrogen-bond donors (Lipinski definition) is 1. The van der Waals surface area contributed by atoms with Crippen molar-refractivity contribution in [2.24, 2.45) is 5.92 Å². The molecule has 88 valence electrons. The predicted octanol–water partition coefficient (Wildman–Crippen LogP) is 0.0607. The molecule has 1 aliphatic rings. The van der Waals surface area contributed by atoms with Crippen molar-refractivity contribution in [3.8, 4) is 5.88 Å². The molecule has 2 heterocycles. The second-order valence-corrected chi connectivity index (χ2v) is 3.63. The van der Waals surface area contributed by atoms with E-state index in [2.05, 4.69) is 5.10 Å². The molecule has 1 aromatic rings. The molecule has 0 amide bonds. The molecule has 0 saturated heterocycles. The minimum absolute atomic E-state index is 0.0300. The zero-order valence-electron chi connectivity index (χ0n) is 9.05. The van der Waals surface area contributed by atoms with Gasteiger partial charge < -0.3 is 14.6 Å². The van der Waals surface area contributed by atoms with Crippen LogP contribution in [0.3, 0.4) is 0 Å². The molecule has 0 fully saturated rings. The highest BCUT2D eigenvalue weighted by Gasteiger charge is 2.23. The molecular formula is C10H14N2O4. The van der Waals surface area contributed by atoms with Gasteiger partial charge in [-0.25, -0.2) is 9.48 Å². The maximum atomic E-state index is 11.4. The van der Waals surface area contributed by atoms with Crippen molar-refractivity contribution in [2.75, 3.05) is 19.8 Å². The highest BCUT2D eigenvalue weighted by atomic mass is 16.5. The van der Waals surface area contributed by atoms with Crippen molar-refractivity contribution in [3.63, 3.8) is 0 Å². The summed E-state index contributed by atoms with van der Waals surface area (Å²) in [4.78, 5) is 11.4. The van der Waals surface area contributed by atoms with Gasteiger partial charge in [-0.2, -0.15) is 5.10 Å². The van der Waals surface area contributed by atoms with Crippen LogP contribution in [0.25, 0.3) is 0 Å². The normalized spacial score (nSPS) is 18.8. The average molecular weight is 226 g/mol. The molecule has 1 atom stereocenters. The van der Waals surface area contributed by atoms with Crippen molar-refractivity contribution < 1.29 is 19.4 Å². The fourth-order valence-corrected chi connectivity index (χ4v) is 1.56. The number of aromatic nitrogens is 2. The van der Waals surface area contributed by atoms with Crippen LogP contribution in [0.1, 0.15) is 17.4 Å². The van der Waals surface area contributed by atoms with Gasteiger partial charge in [-0.15, -0.1) is 0 Å². The van der Waals surface area contributed by atoms with Gasteiger partial charge >= 0.3 is 5.97 Å². The SMILES string of the molecule is CCOC(=O)c1cc2n(n1)CC(CO)CO2. The smallest absolute Gasteiger partial charge is 0.358 e. The molecule has 6 nitrogen and oxygen atoms in total. The van der Waals surface area contributed by atoms with E-state index >= 15 is 0 Å². The van der Waals surface area contributed by atoms with E-state index in [1.807, 2.05) is 0 Å². The zero-order valence-corrected chi connectivity index (χ0v) is 9.05. The minimum Gasteiger partial charge on any atom is -0.477 e. The van der Waals surface area contributed by atoms with E-state index in [0.717, 1.165) is 0 Å². The molecule has 1 aromatic heterocycles. The third-order valence-electron chi connectivity index (χ3n) is 2.38. The minimum atomic E-state index is -0.450. The van der Waals surface area contributed by atoms with Crippen molar-refractivity contribution in [3.05, 3.63) is 11.8 Å². The number of hydrogen-bond acceptors (Lipinski definition) is 5. The fourth-order valence-electron chi connectivity index (χ4n) is 1.56. The number of aliphatic hydroxyl groups is 1. The second-order valence-electron chi connectivity index (χ2n) is 3.63. The Hall–Kier alpha value is -1.56. The summed E-state index contributed by atoms with van der Waals surface area (Å²) in [6, 6.07) is 1.56. The van der Waals surface area contributed by atoms with E-state index < -0.39 is 5.97 Å². The molecule has 0 aliphatic carbocycles. The first-order valence-corrected chi connectivity index (χ1v) is 5.23. The van der Waals surface area contributed by atoms with Gasteiger partial charge in [0.25, 0.3) is 0 Å².